The molecule has 4 rings (SSSR count). The van der Waals surface area contributed by atoms with Crippen molar-refractivity contribution < 1.29 is 4.84 Å². The van der Waals surface area contributed by atoms with Crippen molar-refractivity contribution in [2.45, 2.75) is 17.7 Å². The molecule has 3 nitrogen and oxygen atoms in total. The molecular weight excluding hydrogens is 364 g/mol. The Labute approximate surface area is 171 Å². The van der Waals surface area contributed by atoms with Gasteiger partial charge in [0.05, 0.1) is 0 Å². The highest BCUT2D eigenvalue weighted by Crippen LogP contribution is 2.24. The van der Waals surface area contributed by atoms with Crippen molar-refractivity contribution >= 4 is 28.2 Å². The van der Waals surface area contributed by atoms with Gasteiger partial charge in [-0.25, -0.2) is 0 Å². The van der Waals surface area contributed by atoms with E-state index in [-0.39, 0.29) is 0 Å². The van der Waals surface area contributed by atoms with E-state index in [1.165, 1.54) is 41.6 Å². The van der Waals surface area contributed by atoms with Gasteiger partial charge in [-0.3, -0.25) is 4.90 Å². The Kier molecular flexibility index (Phi) is 6.30. The van der Waals surface area contributed by atoms with E-state index in [4.69, 9.17) is 4.84 Å². The Morgan fingerprint density at radius 3 is 2.50 bits per heavy atom. The van der Waals surface area contributed by atoms with Crippen LogP contribution in [0.25, 0.3) is 10.8 Å². The van der Waals surface area contributed by atoms with E-state index in [0.717, 1.165) is 23.4 Å². The van der Waals surface area contributed by atoms with E-state index in [9.17, 15) is 0 Å². The number of likely N-dealkylation sites (tertiary alicyclic amines) is 1. The Morgan fingerprint density at radius 1 is 0.964 bits per heavy atom. The number of benzene rings is 3. The van der Waals surface area contributed by atoms with Crippen molar-refractivity contribution in [3.8, 4) is 0 Å². The number of rotatable bonds is 7. The van der Waals surface area contributed by atoms with E-state index in [0.29, 0.717) is 6.61 Å². The molecule has 1 aliphatic heterocycles. The van der Waals surface area contributed by atoms with Crippen molar-refractivity contribution in [1.29, 1.82) is 0 Å². The quantitative estimate of drug-likeness (QED) is 0.233. The summed E-state index contributed by atoms with van der Waals surface area (Å²) >= 11 is 1.75. The summed E-state index contributed by atoms with van der Waals surface area (Å²) in [7, 11) is 0. The van der Waals surface area contributed by atoms with Gasteiger partial charge in [0.2, 0.25) is 0 Å². The lowest BCUT2D eigenvalue weighted by Gasteiger charge is -2.14. The van der Waals surface area contributed by atoms with Crippen LogP contribution in [0.1, 0.15) is 24.0 Å². The highest BCUT2D eigenvalue weighted by molar-refractivity contribution is 7.98. The molecule has 0 saturated carbocycles. The molecule has 0 radical (unpaired) electrons. The van der Waals surface area contributed by atoms with Crippen molar-refractivity contribution in [2.75, 3.05) is 32.5 Å². The summed E-state index contributed by atoms with van der Waals surface area (Å²) < 4.78 is 0. The van der Waals surface area contributed by atoms with Gasteiger partial charge in [0, 0.05) is 22.6 Å². The molecular formula is C24H26N2OS. The van der Waals surface area contributed by atoms with Gasteiger partial charge in [0.15, 0.2) is 0 Å². The van der Waals surface area contributed by atoms with Crippen LogP contribution in [0.2, 0.25) is 0 Å². The first-order valence-electron chi connectivity index (χ1n) is 9.90. The molecule has 1 fully saturated rings. The lowest BCUT2D eigenvalue weighted by Crippen LogP contribution is -2.23. The van der Waals surface area contributed by atoms with E-state index < -0.39 is 0 Å². The van der Waals surface area contributed by atoms with E-state index >= 15 is 0 Å². The van der Waals surface area contributed by atoms with Crippen molar-refractivity contribution in [3.05, 3.63) is 77.9 Å². The Balaban J connectivity index is 1.64. The molecule has 28 heavy (non-hydrogen) atoms. The van der Waals surface area contributed by atoms with Crippen LogP contribution in [-0.2, 0) is 4.84 Å². The highest BCUT2D eigenvalue weighted by Gasteiger charge is 2.13. The fourth-order valence-corrected chi connectivity index (χ4v) is 4.13. The largest absolute Gasteiger partial charge is 0.394 e. The minimum absolute atomic E-state index is 0.622. The number of hydrogen-bond donors (Lipinski definition) is 0. The third kappa shape index (κ3) is 4.40. The van der Waals surface area contributed by atoms with Gasteiger partial charge in [0.25, 0.3) is 0 Å². The van der Waals surface area contributed by atoms with Crippen LogP contribution in [0.4, 0.5) is 0 Å². The molecule has 0 amide bonds. The summed E-state index contributed by atoms with van der Waals surface area (Å²) in [5, 5.41) is 7.02. The maximum atomic E-state index is 5.81. The molecule has 0 spiro atoms. The standard InChI is InChI=1S/C24H26N2OS/c1-28-21-13-11-20(12-14-21)24(25-27-18-17-26-15-4-5-16-26)23-10-6-8-19-7-2-3-9-22(19)23/h2-3,6-14H,4-5,15-18H2,1H3/b25-24+. The van der Waals surface area contributed by atoms with Crippen LogP contribution >= 0.6 is 11.8 Å². The number of oxime groups is 1. The molecule has 0 N–H and O–H groups in total. The summed E-state index contributed by atoms with van der Waals surface area (Å²) in [5.74, 6) is 0. The van der Waals surface area contributed by atoms with Crippen LogP contribution < -0.4 is 0 Å². The van der Waals surface area contributed by atoms with Gasteiger partial charge < -0.3 is 4.84 Å². The van der Waals surface area contributed by atoms with Gasteiger partial charge in [-0.15, -0.1) is 11.8 Å². The normalized spacial score (nSPS) is 15.2. The Bertz CT molecular complexity index is 941. The first kappa shape index (κ1) is 19.0. The monoisotopic (exact) mass is 390 g/mol. The maximum absolute atomic E-state index is 5.81. The first-order valence-corrected chi connectivity index (χ1v) is 11.1. The SMILES string of the molecule is CSc1ccc(/C(=N\OCCN2CCCC2)c2cccc3ccccc23)cc1. The second-order valence-corrected chi connectivity index (χ2v) is 7.96. The zero-order valence-corrected chi connectivity index (χ0v) is 17.1. The number of fused-ring (bicyclic) bond motifs is 1. The molecule has 3 aromatic rings. The van der Waals surface area contributed by atoms with Gasteiger partial charge in [-0.05, 0) is 55.1 Å². The molecule has 4 heteroatoms. The molecule has 3 aromatic carbocycles. The van der Waals surface area contributed by atoms with Crippen LogP contribution in [0.3, 0.4) is 0 Å². The van der Waals surface area contributed by atoms with Gasteiger partial charge in [-0.1, -0.05) is 59.8 Å². The zero-order valence-electron chi connectivity index (χ0n) is 16.3. The maximum Gasteiger partial charge on any atom is 0.129 e. The van der Waals surface area contributed by atoms with E-state index in [1.807, 2.05) is 0 Å². The molecule has 0 atom stereocenters. The van der Waals surface area contributed by atoms with Gasteiger partial charge >= 0.3 is 0 Å². The summed E-state index contributed by atoms with van der Waals surface area (Å²) in [6, 6.07) is 23.4. The Hall–Kier alpha value is -2.30. The average Bonchev–Trinajstić information content (AvgIpc) is 3.27. The van der Waals surface area contributed by atoms with Crippen LogP contribution in [0, 0.1) is 0 Å². The fourth-order valence-electron chi connectivity index (χ4n) is 3.72. The van der Waals surface area contributed by atoms with Crippen molar-refractivity contribution in [2.24, 2.45) is 5.16 Å². The van der Waals surface area contributed by atoms with Crippen molar-refractivity contribution in [3.63, 3.8) is 0 Å². The molecule has 0 bridgehead atoms. The smallest absolute Gasteiger partial charge is 0.129 e. The molecule has 0 aromatic heterocycles. The van der Waals surface area contributed by atoms with Crippen molar-refractivity contribution in [1.82, 2.24) is 4.90 Å². The number of hydrogen-bond acceptors (Lipinski definition) is 4. The second-order valence-electron chi connectivity index (χ2n) is 7.08. The molecule has 0 unspecified atom stereocenters. The average molecular weight is 391 g/mol. The Morgan fingerprint density at radius 2 is 1.71 bits per heavy atom. The summed E-state index contributed by atoms with van der Waals surface area (Å²) in [5.41, 5.74) is 3.08. The topological polar surface area (TPSA) is 24.8 Å². The summed E-state index contributed by atoms with van der Waals surface area (Å²) in [6.07, 6.45) is 4.69. The zero-order chi connectivity index (χ0) is 19.2. The predicted molar refractivity (Wildman–Crippen MR) is 119 cm³/mol. The fraction of sp³-hybridized carbons (Fsp3) is 0.292. The third-order valence-electron chi connectivity index (χ3n) is 5.26. The summed E-state index contributed by atoms with van der Waals surface area (Å²) in [4.78, 5) is 9.50. The summed E-state index contributed by atoms with van der Waals surface area (Å²) in [6.45, 7) is 3.92. The van der Waals surface area contributed by atoms with Crippen LogP contribution in [0.15, 0.2) is 76.8 Å². The lowest BCUT2D eigenvalue weighted by molar-refractivity contribution is 0.119. The first-order chi connectivity index (χ1) is 13.8. The molecule has 1 aliphatic rings. The van der Waals surface area contributed by atoms with Crippen LogP contribution in [0.5, 0.6) is 0 Å². The number of thioether (sulfide) groups is 1. The van der Waals surface area contributed by atoms with E-state index in [2.05, 4.69) is 83.0 Å². The highest BCUT2D eigenvalue weighted by atomic mass is 32.2. The molecule has 144 valence electrons. The molecule has 0 aliphatic carbocycles. The molecule has 1 saturated heterocycles. The second kappa shape index (κ2) is 9.26. The van der Waals surface area contributed by atoms with Gasteiger partial charge in [0.1, 0.15) is 12.3 Å². The van der Waals surface area contributed by atoms with E-state index in [1.54, 1.807) is 11.8 Å². The van der Waals surface area contributed by atoms with Crippen LogP contribution in [-0.4, -0.2) is 43.1 Å². The third-order valence-corrected chi connectivity index (χ3v) is 6.01. The number of nitrogens with zero attached hydrogens (tertiary/aromatic N) is 2. The minimum Gasteiger partial charge on any atom is -0.394 e. The minimum atomic E-state index is 0.622. The predicted octanol–water partition coefficient (Wildman–Crippen LogP) is 5.43. The lowest BCUT2D eigenvalue weighted by atomic mass is 9.97. The van der Waals surface area contributed by atoms with Gasteiger partial charge in [-0.2, -0.15) is 0 Å². The molecule has 1 heterocycles.